The molecule has 0 radical (unpaired) electrons. The Kier molecular flexibility index (Phi) is 3.31. The van der Waals surface area contributed by atoms with Crippen molar-refractivity contribution in [3.8, 4) is 0 Å². The van der Waals surface area contributed by atoms with E-state index < -0.39 is 6.10 Å². The van der Waals surface area contributed by atoms with E-state index in [0.29, 0.717) is 0 Å². The van der Waals surface area contributed by atoms with Gasteiger partial charge >= 0.3 is 0 Å². The molecule has 0 aliphatic rings. The lowest BCUT2D eigenvalue weighted by molar-refractivity contribution is 0.211. The fourth-order valence-electron chi connectivity index (χ4n) is 2.15. The van der Waals surface area contributed by atoms with Crippen molar-refractivity contribution in [1.29, 1.82) is 0 Å². The van der Waals surface area contributed by atoms with E-state index in [2.05, 4.69) is 29.4 Å². The monoisotopic (exact) mass is 273 g/mol. The summed E-state index contributed by atoms with van der Waals surface area (Å²) in [5.41, 5.74) is 0.758. The molecule has 0 aliphatic heterocycles. The van der Waals surface area contributed by atoms with Crippen LogP contribution in [0.5, 0.6) is 0 Å². The van der Waals surface area contributed by atoms with Crippen LogP contribution >= 0.6 is 11.3 Å². The van der Waals surface area contributed by atoms with E-state index in [1.165, 1.54) is 4.70 Å². The minimum Gasteiger partial charge on any atom is -0.381 e. The second kappa shape index (κ2) is 5.11. The summed E-state index contributed by atoms with van der Waals surface area (Å²) in [5, 5.41) is 19.6. The average molecular weight is 273 g/mol. The maximum Gasteiger partial charge on any atom is 0.131 e. The molecule has 0 saturated carbocycles. The number of fused-ring (bicyclic) bond motifs is 1. The summed E-state index contributed by atoms with van der Waals surface area (Å²) in [4.78, 5) is 0.931. The summed E-state index contributed by atoms with van der Waals surface area (Å²) < 4.78 is 2.96. The standard InChI is InChI=1S/C14H15N3OS/c1-2-7-17-11(9-15-16-17)14(18)13-8-10-5-3-4-6-12(10)19-13/h3-6,8-9,14,18H,2,7H2,1H3. The second-order valence-corrected chi connectivity index (χ2v) is 5.59. The van der Waals surface area contributed by atoms with Crippen LogP contribution in [0, 0.1) is 0 Å². The molecular formula is C14H15N3OS. The molecule has 5 heteroatoms. The Morgan fingerprint density at radius 3 is 3.00 bits per heavy atom. The topological polar surface area (TPSA) is 50.9 Å². The van der Waals surface area contributed by atoms with Crippen molar-refractivity contribution in [3.05, 3.63) is 47.1 Å². The van der Waals surface area contributed by atoms with Crippen LogP contribution in [0.2, 0.25) is 0 Å². The average Bonchev–Trinajstić information content (AvgIpc) is 3.04. The van der Waals surface area contributed by atoms with Crippen LogP contribution in [-0.4, -0.2) is 20.1 Å². The van der Waals surface area contributed by atoms with Gasteiger partial charge in [-0.05, 0) is 23.9 Å². The van der Waals surface area contributed by atoms with Crippen molar-refractivity contribution in [2.75, 3.05) is 0 Å². The molecule has 3 aromatic rings. The molecule has 2 heterocycles. The molecule has 0 saturated heterocycles. The number of aromatic nitrogens is 3. The number of thiophene rings is 1. The highest BCUT2D eigenvalue weighted by Gasteiger charge is 2.18. The van der Waals surface area contributed by atoms with Crippen molar-refractivity contribution in [1.82, 2.24) is 15.0 Å². The summed E-state index contributed by atoms with van der Waals surface area (Å²) >= 11 is 1.61. The Balaban J connectivity index is 1.98. The number of hydrogen-bond donors (Lipinski definition) is 1. The lowest BCUT2D eigenvalue weighted by atomic mass is 10.2. The van der Waals surface area contributed by atoms with Crippen LogP contribution < -0.4 is 0 Å². The van der Waals surface area contributed by atoms with Crippen LogP contribution in [-0.2, 0) is 6.54 Å². The maximum absolute atomic E-state index is 10.5. The molecule has 1 aromatic carbocycles. The zero-order valence-corrected chi connectivity index (χ0v) is 11.5. The Morgan fingerprint density at radius 1 is 1.37 bits per heavy atom. The molecule has 1 atom stereocenters. The fourth-order valence-corrected chi connectivity index (χ4v) is 3.21. The van der Waals surface area contributed by atoms with Crippen LogP contribution in [0.1, 0.15) is 30.0 Å². The Bertz CT molecular complexity index is 656. The first kappa shape index (κ1) is 12.3. The predicted molar refractivity (Wildman–Crippen MR) is 76.2 cm³/mol. The SMILES string of the molecule is CCCn1nncc1C(O)c1cc2ccccc2s1. The van der Waals surface area contributed by atoms with Gasteiger partial charge in [-0.2, -0.15) is 0 Å². The molecule has 0 spiro atoms. The molecule has 2 aromatic heterocycles. The Labute approximate surface area is 115 Å². The van der Waals surface area contributed by atoms with Crippen LogP contribution in [0.3, 0.4) is 0 Å². The number of benzene rings is 1. The summed E-state index contributed by atoms with van der Waals surface area (Å²) in [6, 6.07) is 10.2. The molecule has 98 valence electrons. The first-order valence-electron chi connectivity index (χ1n) is 6.34. The van der Waals surface area contributed by atoms with Crippen LogP contribution in [0.4, 0.5) is 0 Å². The predicted octanol–water partition coefficient (Wildman–Crippen LogP) is 2.98. The fraction of sp³-hybridized carbons (Fsp3) is 0.286. The quantitative estimate of drug-likeness (QED) is 0.795. The lowest BCUT2D eigenvalue weighted by Crippen LogP contribution is -2.09. The Morgan fingerprint density at radius 2 is 2.21 bits per heavy atom. The number of hydrogen-bond acceptors (Lipinski definition) is 4. The zero-order chi connectivity index (χ0) is 13.2. The third-order valence-electron chi connectivity index (χ3n) is 3.08. The summed E-state index contributed by atoms with van der Waals surface area (Å²) in [7, 11) is 0. The highest BCUT2D eigenvalue weighted by Crippen LogP contribution is 2.32. The molecule has 4 nitrogen and oxygen atoms in total. The number of rotatable bonds is 4. The van der Waals surface area contributed by atoms with Crippen LogP contribution in [0.15, 0.2) is 36.5 Å². The first-order chi connectivity index (χ1) is 9.29. The van der Waals surface area contributed by atoms with Gasteiger partial charge in [-0.3, -0.25) is 0 Å². The highest BCUT2D eigenvalue weighted by molar-refractivity contribution is 7.19. The van der Waals surface area contributed by atoms with Gasteiger partial charge in [0.05, 0.1) is 11.9 Å². The maximum atomic E-state index is 10.5. The third kappa shape index (κ3) is 2.27. The lowest BCUT2D eigenvalue weighted by Gasteiger charge is -2.09. The zero-order valence-electron chi connectivity index (χ0n) is 10.7. The van der Waals surface area contributed by atoms with Gasteiger partial charge in [0.15, 0.2) is 0 Å². The largest absolute Gasteiger partial charge is 0.381 e. The second-order valence-electron chi connectivity index (χ2n) is 4.47. The molecule has 1 N–H and O–H groups in total. The first-order valence-corrected chi connectivity index (χ1v) is 7.16. The molecule has 0 aliphatic carbocycles. The van der Waals surface area contributed by atoms with Gasteiger partial charge in [0, 0.05) is 16.1 Å². The summed E-state index contributed by atoms with van der Waals surface area (Å²) in [5.74, 6) is 0. The minimum absolute atomic E-state index is 0.654. The van der Waals surface area contributed by atoms with Crippen molar-refractivity contribution >= 4 is 21.4 Å². The summed E-state index contributed by atoms with van der Waals surface area (Å²) in [6.45, 7) is 2.86. The van der Waals surface area contributed by atoms with E-state index >= 15 is 0 Å². The van der Waals surface area contributed by atoms with E-state index in [9.17, 15) is 5.11 Å². The molecule has 0 amide bonds. The van der Waals surface area contributed by atoms with Gasteiger partial charge in [0.2, 0.25) is 0 Å². The van der Waals surface area contributed by atoms with Gasteiger partial charge < -0.3 is 5.11 Å². The van der Waals surface area contributed by atoms with E-state index in [0.717, 1.165) is 28.9 Å². The molecule has 19 heavy (non-hydrogen) atoms. The molecule has 3 rings (SSSR count). The van der Waals surface area contributed by atoms with Crippen LogP contribution in [0.25, 0.3) is 10.1 Å². The van der Waals surface area contributed by atoms with Gasteiger partial charge in [0.1, 0.15) is 6.10 Å². The van der Waals surface area contributed by atoms with E-state index in [-0.39, 0.29) is 0 Å². The van der Waals surface area contributed by atoms with Gasteiger partial charge in [-0.1, -0.05) is 30.3 Å². The Hall–Kier alpha value is -1.72. The molecule has 1 unspecified atom stereocenters. The molecular weight excluding hydrogens is 258 g/mol. The number of aryl methyl sites for hydroxylation is 1. The molecule has 0 bridgehead atoms. The van der Waals surface area contributed by atoms with Crippen molar-refractivity contribution < 1.29 is 5.11 Å². The normalized spacial score (nSPS) is 12.9. The third-order valence-corrected chi connectivity index (χ3v) is 4.25. The van der Waals surface area contributed by atoms with Crippen molar-refractivity contribution in [2.24, 2.45) is 0 Å². The van der Waals surface area contributed by atoms with E-state index in [4.69, 9.17) is 0 Å². The highest BCUT2D eigenvalue weighted by atomic mass is 32.1. The number of aliphatic hydroxyl groups excluding tert-OH is 1. The van der Waals surface area contributed by atoms with Crippen molar-refractivity contribution in [2.45, 2.75) is 26.0 Å². The molecule has 0 fully saturated rings. The van der Waals surface area contributed by atoms with Gasteiger partial charge in [0.25, 0.3) is 0 Å². The van der Waals surface area contributed by atoms with E-state index in [1.54, 1.807) is 22.2 Å². The van der Waals surface area contributed by atoms with E-state index in [1.807, 2.05) is 18.2 Å². The van der Waals surface area contributed by atoms with Gasteiger partial charge in [-0.25, -0.2) is 4.68 Å². The number of nitrogens with zero attached hydrogens (tertiary/aromatic N) is 3. The minimum atomic E-state index is -0.654. The van der Waals surface area contributed by atoms with Gasteiger partial charge in [-0.15, -0.1) is 16.4 Å². The summed E-state index contributed by atoms with van der Waals surface area (Å²) in [6.07, 6.45) is 1.96. The van der Waals surface area contributed by atoms with Crippen molar-refractivity contribution in [3.63, 3.8) is 0 Å². The number of aliphatic hydroxyl groups is 1. The smallest absolute Gasteiger partial charge is 0.131 e.